The number of nitrogens with two attached hydrogens (primary N) is 1. The predicted molar refractivity (Wildman–Crippen MR) is 57.0 cm³/mol. The molecule has 0 aliphatic rings. The fourth-order valence-corrected chi connectivity index (χ4v) is 1.71. The first-order valence-corrected chi connectivity index (χ1v) is 5.37. The van der Waals surface area contributed by atoms with Gasteiger partial charge in [0.2, 0.25) is 0 Å². The average Bonchev–Trinajstić information content (AvgIpc) is 2.19. The normalized spacial score (nSPS) is 10.2. The zero-order chi connectivity index (χ0) is 9.36. The quantitative estimate of drug-likeness (QED) is 0.557. The third-order valence-electron chi connectivity index (χ3n) is 1.50. The molecule has 0 atom stereocenters. The Hall–Kier alpha value is -0.510. The molecule has 0 aliphatic carbocycles. The summed E-state index contributed by atoms with van der Waals surface area (Å²) in [6.07, 6.45) is 0. The van der Waals surface area contributed by atoms with Crippen molar-refractivity contribution < 1.29 is 4.74 Å². The van der Waals surface area contributed by atoms with Crippen LogP contribution < -0.4 is 5.73 Å². The van der Waals surface area contributed by atoms with Crippen molar-refractivity contribution >= 4 is 11.8 Å². The Kier molecular flexibility index (Phi) is 5.65. The highest BCUT2D eigenvalue weighted by Crippen LogP contribution is 2.15. The maximum atomic E-state index is 5.29. The summed E-state index contributed by atoms with van der Waals surface area (Å²) < 4.78 is 5.26. The molecule has 0 saturated heterocycles. The van der Waals surface area contributed by atoms with Crippen LogP contribution in [0.2, 0.25) is 0 Å². The Morgan fingerprint density at radius 2 is 1.92 bits per heavy atom. The van der Waals surface area contributed by atoms with Crippen LogP contribution in [0.5, 0.6) is 0 Å². The van der Waals surface area contributed by atoms with Crippen LogP contribution in [0.25, 0.3) is 0 Å². The number of hydrogen-bond donors (Lipinski definition) is 1. The summed E-state index contributed by atoms with van der Waals surface area (Å²) in [6.45, 7) is 2.04. The lowest BCUT2D eigenvalue weighted by Crippen LogP contribution is -2.09. The molecule has 0 aliphatic heterocycles. The first kappa shape index (κ1) is 10.6. The molecular weight excluding hydrogens is 182 g/mol. The first-order chi connectivity index (χ1) is 6.43. The van der Waals surface area contributed by atoms with Crippen LogP contribution in [0.15, 0.2) is 35.2 Å². The van der Waals surface area contributed by atoms with Crippen molar-refractivity contribution in [3.63, 3.8) is 0 Å². The van der Waals surface area contributed by atoms with E-state index in [0.29, 0.717) is 13.2 Å². The molecule has 3 heteroatoms. The lowest BCUT2D eigenvalue weighted by atomic mass is 10.4. The van der Waals surface area contributed by atoms with Crippen molar-refractivity contribution in [3.8, 4) is 0 Å². The van der Waals surface area contributed by atoms with E-state index in [1.54, 1.807) is 11.8 Å². The largest absolute Gasteiger partial charge is 0.379 e. The summed E-state index contributed by atoms with van der Waals surface area (Å²) in [7, 11) is 0. The molecule has 0 amide bonds. The van der Waals surface area contributed by atoms with Gasteiger partial charge in [-0.15, -0.1) is 11.8 Å². The Balaban J connectivity index is 2.07. The van der Waals surface area contributed by atoms with Crippen molar-refractivity contribution in [3.05, 3.63) is 30.3 Å². The Bertz CT molecular complexity index is 215. The van der Waals surface area contributed by atoms with Crippen LogP contribution in [0.3, 0.4) is 0 Å². The van der Waals surface area contributed by atoms with Gasteiger partial charge in [0.05, 0.1) is 13.2 Å². The van der Waals surface area contributed by atoms with Gasteiger partial charge in [0.15, 0.2) is 0 Å². The summed E-state index contributed by atoms with van der Waals surface area (Å²) in [5.74, 6) is 0.990. The van der Waals surface area contributed by atoms with E-state index in [1.807, 2.05) is 18.2 Å². The topological polar surface area (TPSA) is 35.2 Å². The van der Waals surface area contributed by atoms with Gasteiger partial charge in [0.25, 0.3) is 0 Å². The lowest BCUT2D eigenvalue weighted by molar-refractivity contribution is 0.158. The molecule has 13 heavy (non-hydrogen) atoms. The molecule has 0 fully saturated rings. The van der Waals surface area contributed by atoms with E-state index in [4.69, 9.17) is 10.5 Å². The van der Waals surface area contributed by atoms with Gasteiger partial charge in [0.1, 0.15) is 0 Å². The fourth-order valence-electron chi connectivity index (χ4n) is 0.921. The van der Waals surface area contributed by atoms with Crippen molar-refractivity contribution in [2.24, 2.45) is 5.73 Å². The molecular formula is C10H15NOS. The Labute approximate surface area is 83.5 Å². The first-order valence-electron chi connectivity index (χ1n) is 4.39. The minimum absolute atomic E-state index is 0.607. The Morgan fingerprint density at radius 3 is 2.62 bits per heavy atom. The van der Waals surface area contributed by atoms with Crippen LogP contribution in [0, 0.1) is 0 Å². The minimum Gasteiger partial charge on any atom is -0.379 e. The van der Waals surface area contributed by atoms with Gasteiger partial charge in [-0.2, -0.15) is 0 Å². The number of benzene rings is 1. The van der Waals surface area contributed by atoms with Crippen molar-refractivity contribution in [2.45, 2.75) is 4.90 Å². The van der Waals surface area contributed by atoms with Gasteiger partial charge in [-0.25, -0.2) is 0 Å². The molecule has 2 N–H and O–H groups in total. The zero-order valence-corrected chi connectivity index (χ0v) is 8.43. The second-order valence-corrected chi connectivity index (χ2v) is 3.73. The van der Waals surface area contributed by atoms with E-state index < -0.39 is 0 Å². The van der Waals surface area contributed by atoms with E-state index in [1.165, 1.54) is 4.90 Å². The number of thioether (sulfide) groups is 1. The molecule has 2 nitrogen and oxygen atoms in total. The minimum atomic E-state index is 0.607. The predicted octanol–water partition coefficient (Wildman–Crippen LogP) is 1.75. The van der Waals surface area contributed by atoms with E-state index >= 15 is 0 Å². The Morgan fingerprint density at radius 1 is 1.15 bits per heavy atom. The molecule has 1 aromatic carbocycles. The van der Waals surface area contributed by atoms with Gasteiger partial charge in [-0.05, 0) is 12.1 Å². The van der Waals surface area contributed by atoms with Gasteiger partial charge in [-0.3, -0.25) is 0 Å². The summed E-state index contributed by atoms with van der Waals surface area (Å²) in [4.78, 5) is 1.29. The summed E-state index contributed by atoms with van der Waals surface area (Å²) in [5, 5.41) is 0. The van der Waals surface area contributed by atoms with Gasteiger partial charge in [0, 0.05) is 17.2 Å². The lowest BCUT2D eigenvalue weighted by Gasteiger charge is -2.02. The summed E-state index contributed by atoms with van der Waals surface area (Å²) in [5.41, 5.74) is 5.29. The second-order valence-electron chi connectivity index (χ2n) is 2.56. The van der Waals surface area contributed by atoms with E-state index in [2.05, 4.69) is 12.1 Å². The van der Waals surface area contributed by atoms with E-state index in [9.17, 15) is 0 Å². The molecule has 0 aromatic heterocycles. The molecule has 0 saturated carbocycles. The molecule has 72 valence electrons. The molecule has 1 aromatic rings. The van der Waals surface area contributed by atoms with E-state index in [0.717, 1.165) is 12.4 Å². The van der Waals surface area contributed by atoms with E-state index in [-0.39, 0.29) is 0 Å². The number of hydrogen-bond acceptors (Lipinski definition) is 3. The monoisotopic (exact) mass is 197 g/mol. The molecule has 0 bridgehead atoms. The average molecular weight is 197 g/mol. The van der Waals surface area contributed by atoms with Crippen LogP contribution in [-0.4, -0.2) is 25.5 Å². The third kappa shape index (κ3) is 4.93. The zero-order valence-electron chi connectivity index (χ0n) is 7.61. The van der Waals surface area contributed by atoms with Crippen molar-refractivity contribution in [1.29, 1.82) is 0 Å². The highest BCUT2D eigenvalue weighted by molar-refractivity contribution is 7.99. The van der Waals surface area contributed by atoms with Crippen LogP contribution in [0.1, 0.15) is 0 Å². The van der Waals surface area contributed by atoms with Crippen molar-refractivity contribution in [2.75, 3.05) is 25.5 Å². The summed E-state index contributed by atoms with van der Waals surface area (Å²) >= 11 is 1.81. The van der Waals surface area contributed by atoms with Gasteiger partial charge >= 0.3 is 0 Å². The smallest absolute Gasteiger partial charge is 0.0589 e. The standard InChI is InChI=1S/C10H15NOS/c11-6-7-12-8-9-13-10-4-2-1-3-5-10/h1-5H,6-9,11H2. The van der Waals surface area contributed by atoms with Crippen molar-refractivity contribution in [1.82, 2.24) is 0 Å². The molecule has 0 radical (unpaired) electrons. The van der Waals surface area contributed by atoms with Crippen LogP contribution >= 0.6 is 11.8 Å². The SMILES string of the molecule is NCCOCCSc1ccccc1. The molecule has 0 unspecified atom stereocenters. The number of rotatable bonds is 6. The highest BCUT2D eigenvalue weighted by Gasteiger charge is 1.91. The van der Waals surface area contributed by atoms with Crippen LogP contribution in [0.4, 0.5) is 0 Å². The number of ether oxygens (including phenoxy) is 1. The maximum Gasteiger partial charge on any atom is 0.0589 e. The molecule has 1 rings (SSSR count). The molecule has 0 spiro atoms. The van der Waals surface area contributed by atoms with Gasteiger partial charge in [-0.1, -0.05) is 18.2 Å². The highest BCUT2D eigenvalue weighted by atomic mass is 32.2. The van der Waals surface area contributed by atoms with Gasteiger partial charge < -0.3 is 10.5 Å². The third-order valence-corrected chi connectivity index (χ3v) is 2.48. The second kappa shape index (κ2) is 6.95. The molecule has 0 heterocycles. The van der Waals surface area contributed by atoms with Crippen LogP contribution in [-0.2, 0) is 4.74 Å². The fraction of sp³-hybridized carbons (Fsp3) is 0.400. The maximum absolute atomic E-state index is 5.29. The summed E-state index contributed by atoms with van der Waals surface area (Å²) in [6, 6.07) is 10.3.